The van der Waals surface area contributed by atoms with Gasteiger partial charge in [0, 0.05) is 12.2 Å². The summed E-state index contributed by atoms with van der Waals surface area (Å²) < 4.78 is 5.59. The van der Waals surface area contributed by atoms with E-state index < -0.39 is 5.91 Å². The van der Waals surface area contributed by atoms with Gasteiger partial charge < -0.3 is 21.5 Å². The van der Waals surface area contributed by atoms with E-state index in [9.17, 15) is 4.79 Å². The van der Waals surface area contributed by atoms with E-state index in [1.54, 1.807) is 12.1 Å². The molecule has 0 aliphatic heterocycles. The Bertz CT molecular complexity index is 641. The van der Waals surface area contributed by atoms with Crippen LogP contribution in [-0.4, -0.2) is 19.1 Å². The molecule has 0 aliphatic carbocycles. The third-order valence-corrected chi connectivity index (χ3v) is 3.03. The van der Waals surface area contributed by atoms with Gasteiger partial charge in [-0.15, -0.1) is 0 Å². The summed E-state index contributed by atoms with van der Waals surface area (Å²) in [5.41, 5.74) is 14.0. The molecule has 0 radical (unpaired) electrons. The minimum Gasteiger partial charge on any atom is -0.490 e. The first-order chi connectivity index (χ1) is 10.1. The van der Waals surface area contributed by atoms with Crippen LogP contribution in [0.3, 0.4) is 0 Å². The maximum Gasteiger partial charge on any atom is 0.250 e. The number of ether oxygens (including phenoxy) is 1. The Morgan fingerprint density at radius 3 is 2.71 bits per heavy atom. The number of amides is 1. The minimum atomic E-state index is -0.453. The van der Waals surface area contributed by atoms with Gasteiger partial charge in [0.15, 0.2) is 0 Å². The molecule has 0 aliphatic rings. The van der Waals surface area contributed by atoms with Gasteiger partial charge in [-0.2, -0.15) is 0 Å². The number of nitrogens with two attached hydrogens (primary N) is 2. The molecule has 5 nitrogen and oxygen atoms in total. The van der Waals surface area contributed by atoms with Crippen LogP contribution >= 0.6 is 0 Å². The van der Waals surface area contributed by atoms with E-state index in [1.165, 1.54) is 0 Å². The molecule has 0 bridgehead atoms. The molecule has 0 spiro atoms. The van der Waals surface area contributed by atoms with E-state index in [0.29, 0.717) is 35.8 Å². The summed E-state index contributed by atoms with van der Waals surface area (Å²) in [5.74, 6) is 0.199. The van der Waals surface area contributed by atoms with Crippen LogP contribution in [-0.2, 0) is 0 Å². The average molecular weight is 285 g/mol. The standard InChI is InChI=1S/C16H19N3O2/c1-11-6-7-12(16(18)20)14(10-11)19-8-9-21-15-5-3-2-4-13(15)17/h2-7,10,19H,8-9,17H2,1H3,(H2,18,20). The van der Waals surface area contributed by atoms with Crippen molar-refractivity contribution < 1.29 is 9.53 Å². The van der Waals surface area contributed by atoms with Gasteiger partial charge in [0.25, 0.3) is 5.91 Å². The topological polar surface area (TPSA) is 90.4 Å². The van der Waals surface area contributed by atoms with Crippen molar-refractivity contribution in [3.8, 4) is 5.75 Å². The number of primary amides is 1. The van der Waals surface area contributed by atoms with Crippen molar-refractivity contribution in [2.45, 2.75) is 6.92 Å². The van der Waals surface area contributed by atoms with Gasteiger partial charge in [-0.1, -0.05) is 18.2 Å². The van der Waals surface area contributed by atoms with Crippen molar-refractivity contribution in [1.29, 1.82) is 0 Å². The Morgan fingerprint density at radius 2 is 2.00 bits per heavy atom. The van der Waals surface area contributed by atoms with Gasteiger partial charge >= 0.3 is 0 Å². The molecule has 0 fully saturated rings. The first kappa shape index (κ1) is 14.7. The second-order valence-electron chi connectivity index (χ2n) is 4.73. The number of aryl methyl sites for hydroxylation is 1. The number of benzene rings is 2. The molecular formula is C16H19N3O2. The number of hydrogen-bond acceptors (Lipinski definition) is 4. The lowest BCUT2D eigenvalue weighted by molar-refractivity contribution is 0.100. The average Bonchev–Trinajstić information content (AvgIpc) is 2.45. The molecule has 1 amide bonds. The fraction of sp³-hybridized carbons (Fsp3) is 0.188. The highest BCUT2D eigenvalue weighted by molar-refractivity contribution is 5.98. The van der Waals surface area contributed by atoms with Crippen molar-refractivity contribution in [2.24, 2.45) is 5.73 Å². The fourth-order valence-corrected chi connectivity index (χ4v) is 1.98. The van der Waals surface area contributed by atoms with E-state index in [1.807, 2.05) is 37.3 Å². The first-order valence-electron chi connectivity index (χ1n) is 6.69. The molecule has 2 aromatic rings. The zero-order valence-corrected chi connectivity index (χ0v) is 11.9. The normalized spacial score (nSPS) is 10.1. The highest BCUT2D eigenvalue weighted by Gasteiger charge is 2.07. The molecule has 5 heteroatoms. The molecule has 0 unspecified atom stereocenters. The van der Waals surface area contributed by atoms with E-state index in [2.05, 4.69) is 5.32 Å². The van der Waals surface area contributed by atoms with Gasteiger partial charge in [-0.05, 0) is 36.8 Å². The Hall–Kier alpha value is -2.69. The predicted molar refractivity (Wildman–Crippen MR) is 84.5 cm³/mol. The van der Waals surface area contributed by atoms with Crippen LogP contribution in [0.5, 0.6) is 5.75 Å². The zero-order chi connectivity index (χ0) is 15.2. The van der Waals surface area contributed by atoms with Crippen LogP contribution in [0.25, 0.3) is 0 Å². The second kappa shape index (κ2) is 6.65. The molecule has 21 heavy (non-hydrogen) atoms. The number of nitrogen functional groups attached to an aromatic ring is 1. The largest absolute Gasteiger partial charge is 0.490 e. The first-order valence-corrected chi connectivity index (χ1v) is 6.69. The highest BCUT2D eigenvalue weighted by Crippen LogP contribution is 2.20. The lowest BCUT2D eigenvalue weighted by Crippen LogP contribution is -2.17. The molecule has 0 saturated heterocycles. The molecule has 2 rings (SSSR count). The molecule has 0 saturated carbocycles. The Labute approximate surface area is 123 Å². The van der Waals surface area contributed by atoms with Crippen LogP contribution in [0.1, 0.15) is 15.9 Å². The van der Waals surface area contributed by atoms with Gasteiger partial charge in [0.2, 0.25) is 0 Å². The molecular weight excluding hydrogens is 266 g/mol. The van der Waals surface area contributed by atoms with Gasteiger partial charge in [0.05, 0.1) is 11.3 Å². The number of carbonyl (C=O) groups is 1. The molecule has 0 atom stereocenters. The van der Waals surface area contributed by atoms with Crippen molar-refractivity contribution >= 4 is 17.3 Å². The van der Waals surface area contributed by atoms with Crippen LogP contribution in [0.15, 0.2) is 42.5 Å². The third-order valence-electron chi connectivity index (χ3n) is 3.03. The Balaban J connectivity index is 1.93. The maximum atomic E-state index is 11.4. The molecule has 5 N–H and O–H groups in total. The summed E-state index contributed by atoms with van der Waals surface area (Å²) in [6.07, 6.45) is 0. The second-order valence-corrected chi connectivity index (χ2v) is 4.73. The van der Waals surface area contributed by atoms with Crippen molar-refractivity contribution in [1.82, 2.24) is 0 Å². The Morgan fingerprint density at radius 1 is 1.24 bits per heavy atom. The van der Waals surface area contributed by atoms with E-state index in [4.69, 9.17) is 16.2 Å². The quantitative estimate of drug-likeness (QED) is 0.560. The molecule has 0 aromatic heterocycles. The number of para-hydroxylation sites is 2. The molecule has 110 valence electrons. The minimum absolute atomic E-state index is 0.431. The summed E-state index contributed by atoms with van der Waals surface area (Å²) in [6.45, 7) is 2.93. The summed E-state index contributed by atoms with van der Waals surface area (Å²) >= 11 is 0. The summed E-state index contributed by atoms with van der Waals surface area (Å²) in [4.78, 5) is 11.4. The summed E-state index contributed by atoms with van der Waals surface area (Å²) in [7, 11) is 0. The lowest BCUT2D eigenvalue weighted by Gasteiger charge is -2.12. The molecule has 0 heterocycles. The van der Waals surface area contributed by atoms with E-state index in [-0.39, 0.29) is 0 Å². The number of nitrogens with one attached hydrogen (secondary N) is 1. The highest BCUT2D eigenvalue weighted by atomic mass is 16.5. The van der Waals surface area contributed by atoms with Crippen LogP contribution in [0.2, 0.25) is 0 Å². The number of rotatable bonds is 6. The lowest BCUT2D eigenvalue weighted by atomic mass is 10.1. The monoisotopic (exact) mass is 285 g/mol. The smallest absolute Gasteiger partial charge is 0.250 e. The Kier molecular flexibility index (Phi) is 4.66. The van der Waals surface area contributed by atoms with Gasteiger partial charge in [-0.3, -0.25) is 4.79 Å². The van der Waals surface area contributed by atoms with Gasteiger partial charge in [0.1, 0.15) is 12.4 Å². The van der Waals surface area contributed by atoms with Crippen LogP contribution < -0.4 is 21.5 Å². The van der Waals surface area contributed by atoms with Crippen molar-refractivity contribution in [2.75, 3.05) is 24.2 Å². The fourth-order valence-electron chi connectivity index (χ4n) is 1.98. The maximum absolute atomic E-state index is 11.4. The zero-order valence-electron chi connectivity index (χ0n) is 11.9. The van der Waals surface area contributed by atoms with Crippen LogP contribution in [0, 0.1) is 6.92 Å². The number of hydrogen-bond donors (Lipinski definition) is 3. The summed E-state index contributed by atoms with van der Waals surface area (Å²) in [5, 5.41) is 3.16. The van der Waals surface area contributed by atoms with Gasteiger partial charge in [-0.25, -0.2) is 0 Å². The third kappa shape index (κ3) is 3.89. The van der Waals surface area contributed by atoms with E-state index in [0.717, 1.165) is 5.56 Å². The van der Waals surface area contributed by atoms with Crippen molar-refractivity contribution in [3.05, 3.63) is 53.6 Å². The SMILES string of the molecule is Cc1ccc(C(N)=O)c(NCCOc2ccccc2N)c1. The van der Waals surface area contributed by atoms with Crippen LogP contribution in [0.4, 0.5) is 11.4 Å². The van der Waals surface area contributed by atoms with E-state index >= 15 is 0 Å². The summed E-state index contributed by atoms with van der Waals surface area (Å²) in [6, 6.07) is 12.8. The molecule has 2 aromatic carbocycles. The number of anilines is 2. The van der Waals surface area contributed by atoms with Crippen molar-refractivity contribution in [3.63, 3.8) is 0 Å². The predicted octanol–water partition coefficient (Wildman–Crippen LogP) is 2.17. The number of carbonyl (C=O) groups excluding carboxylic acids is 1.